The van der Waals surface area contributed by atoms with Gasteiger partial charge in [0.15, 0.2) is 5.76 Å². The second-order valence-electron chi connectivity index (χ2n) is 7.98. The lowest BCUT2D eigenvalue weighted by Crippen LogP contribution is -2.42. The quantitative estimate of drug-likeness (QED) is 0.553. The van der Waals surface area contributed by atoms with Gasteiger partial charge in [0.2, 0.25) is 5.91 Å². The van der Waals surface area contributed by atoms with Crippen LogP contribution in [0.1, 0.15) is 39.5 Å². The first-order chi connectivity index (χ1) is 16.4. The molecule has 1 aliphatic rings. The van der Waals surface area contributed by atoms with Gasteiger partial charge in [-0.15, -0.1) is 0 Å². The van der Waals surface area contributed by atoms with E-state index in [1.807, 2.05) is 0 Å². The Bertz CT molecular complexity index is 1180. The fourth-order valence-corrected chi connectivity index (χ4v) is 3.76. The summed E-state index contributed by atoms with van der Waals surface area (Å²) in [5.41, 5.74) is 6.07. The molecule has 0 aliphatic carbocycles. The molecule has 0 saturated carbocycles. The second-order valence-corrected chi connectivity index (χ2v) is 7.98. The van der Waals surface area contributed by atoms with E-state index in [1.165, 1.54) is 30.3 Å². The van der Waals surface area contributed by atoms with E-state index in [4.69, 9.17) is 14.9 Å². The van der Waals surface area contributed by atoms with Gasteiger partial charge in [0.05, 0.1) is 11.3 Å². The Balaban J connectivity index is 1.39. The number of para-hydroxylation sites is 1. The third kappa shape index (κ3) is 5.43. The zero-order valence-corrected chi connectivity index (χ0v) is 18.3. The van der Waals surface area contributed by atoms with Crippen LogP contribution in [-0.4, -0.2) is 35.7 Å². The Kier molecular flexibility index (Phi) is 6.91. The van der Waals surface area contributed by atoms with Crippen molar-refractivity contribution in [2.24, 2.45) is 11.7 Å². The van der Waals surface area contributed by atoms with Crippen molar-refractivity contribution in [2.45, 2.75) is 19.4 Å². The number of anilines is 1. The van der Waals surface area contributed by atoms with Crippen molar-refractivity contribution in [3.8, 4) is 5.75 Å². The molecule has 3 N–H and O–H groups in total. The number of primary amides is 1. The van der Waals surface area contributed by atoms with Crippen LogP contribution < -0.4 is 15.8 Å². The van der Waals surface area contributed by atoms with Crippen LogP contribution in [0.2, 0.25) is 0 Å². The van der Waals surface area contributed by atoms with E-state index in [0.717, 1.165) is 0 Å². The minimum Gasteiger partial charge on any atom is -0.486 e. The molecule has 0 spiro atoms. The number of furan rings is 1. The van der Waals surface area contributed by atoms with Crippen LogP contribution in [-0.2, 0) is 11.4 Å². The fourth-order valence-electron chi connectivity index (χ4n) is 3.76. The SMILES string of the molecule is NC(=O)C1CCN(C(=O)c2ccccc2NC(=O)c2ccc(COc3ccc(F)cc3)o2)CC1. The third-order valence-electron chi connectivity index (χ3n) is 5.67. The first kappa shape index (κ1) is 23.0. The predicted octanol–water partition coefficient (Wildman–Crippen LogP) is 3.59. The van der Waals surface area contributed by atoms with E-state index in [1.54, 1.807) is 35.2 Å². The summed E-state index contributed by atoms with van der Waals surface area (Å²) >= 11 is 0. The van der Waals surface area contributed by atoms with E-state index in [-0.39, 0.29) is 35.9 Å². The molecule has 3 amide bonds. The van der Waals surface area contributed by atoms with Gasteiger partial charge >= 0.3 is 0 Å². The molecule has 34 heavy (non-hydrogen) atoms. The lowest BCUT2D eigenvalue weighted by Gasteiger charge is -2.31. The minimum absolute atomic E-state index is 0.0576. The number of ether oxygens (including phenoxy) is 1. The maximum absolute atomic E-state index is 13.1. The van der Waals surface area contributed by atoms with Crippen LogP contribution in [0.5, 0.6) is 5.75 Å². The van der Waals surface area contributed by atoms with Crippen LogP contribution in [0.25, 0.3) is 0 Å². The number of benzene rings is 2. The Morgan fingerprint density at radius 3 is 2.44 bits per heavy atom. The number of carbonyl (C=O) groups is 3. The molecule has 1 aliphatic heterocycles. The van der Waals surface area contributed by atoms with Crippen molar-refractivity contribution in [3.05, 3.63) is 83.6 Å². The summed E-state index contributed by atoms with van der Waals surface area (Å²) in [6, 6.07) is 15.4. The number of amides is 3. The van der Waals surface area contributed by atoms with E-state index < -0.39 is 5.91 Å². The van der Waals surface area contributed by atoms with Crippen molar-refractivity contribution in [2.75, 3.05) is 18.4 Å². The van der Waals surface area contributed by atoms with E-state index in [0.29, 0.717) is 48.7 Å². The topological polar surface area (TPSA) is 115 Å². The Hall–Kier alpha value is -4.14. The molecule has 0 radical (unpaired) electrons. The van der Waals surface area contributed by atoms with Crippen LogP contribution in [0.4, 0.5) is 10.1 Å². The van der Waals surface area contributed by atoms with E-state index in [2.05, 4.69) is 5.32 Å². The molecule has 1 fully saturated rings. The van der Waals surface area contributed by atoms with Gasteiger partial charge in [0, 0.05) is 19.0 Å². The highest BCUT2D eigenvalue weighted by molar-refractivity contribution is 6.08. The molecule has 8 nitrogen and oxygen atoms in total. The first-order valence-corrected chi connectivity index (χ1v) is 10.9. The molecular weight excluding hydrogens is 441 g/mol. The van der Waals surface area contributed by atoms with E-state index >= 15 is 0 Å². The third-order valence-corrected chi connectivity index (χ3v) is 5.67. The Morgan fingerprint density at radius 2 is 1.74 bits per heavy atom. The summed E-state index contributed by atoms with van der Waals surface area (Å²) in [7, 11) is 0. The molecule has 3 aromatic rings. The van der Waals surface area contributed by atoms with Crippen molar-refractivity contribution in [1.29, 1.82) is 0 Å². The smallest absolute Gasteiger partial charge is 0.291 e. The molecule has 0 unspecified atom stereocenters. The molecule has 2 heterocycles. The number of hydrogen-bond acceptors (Lipinski definition) is 5. The van der Waals surface area contributed by atoms with Gasteiger partial charge in [-0.1, -0.05) is 12.1 Å². The zero-order chi connectivity index (χ0) is 24.1. The number of hydrogen-bond donors (Lipinski definition) is 2. The van der Waals surface area contributed by atoms with Gasteiger partial charge in [0.1, 0.15) is 23.9 Å². The van der Waals surface area contributed by atoms with Crippen LogP contribution in [0.3, 0.4) is 0 Å². The fraction of sp³-hybridized carbons (Fsp3) is 0.240. The average Bonchev–Trinajstić information content (AvgIpc) is 3.33. The summed E-state index contributed by atoms with van der Waals surface area (Å²) < 4.78 is 24.1. The standard InChI is InChI=1S/C25H24FN3O5/c26-17-5-7-18(8-6-17)33-15-19-9-10-22(34-19)24(31)28-21-4-2-1-3-20(21)25(32)29-13-11-16(12-14-29)23(27)30/h1-10,16H,11-15H2,(H2,27,30)(H,28,31). The monoisotopic (exact) mass is 465 g/mol. The van der Waals surface area contributed by atoms with Gasteiger partial charge in [-0.05, 0) is 61.4 Å². The lowest BCUT2D eigenvalue weighted by molar-refractivity contribution is -0.123. The molecule has 1 saturated heterocycles. The van der Waals surface area contributed by atoms with Crippen molar-refractivity contribution in [1.82, 2.24) is 4.90 Å². The lowest BCUT2D eigenvalue weighted by atomic mass is 9.95. The van der Waals surface area contributed by atoms with Crippen molar-refractivity contribution < 1.29 is 27.9 Å². The minimum atomic E-state index is -0.513. The molecular formula is C25H24FN3O5. The average molecular weight is 465 g/mol. The number of nitrogens with two attached hydrogens (primary N) is 1. The van der Waals surface area contributed by atoms with Crippen LogP contribution >= 0.6 is 0 Å². The highest BCUT2D eigenvalue weighted by atomic mass is 19.1. The molecule has 9 heteroatoms. The Labute approximate surface area is 195 Å². The molecule has 176 valence electrons. The number of likely N-dealkylation sites (tertiary alicyclic amines) is 1. The zero-order valence-electron chi connectivity index (χ0n) is 18.3. The number of halogens is 1. The van der Waals surface area contributed by atoms with Crippen LogP contribution in [0.15, 0.2) is 65.1 Å². The van der Waals surface area contributed by atoms with E-state index in [9.17, 15) is 18.8 Å². The van der Waals surface area contributed by atoms with Gasteiger partial charge in [-0.25, -0.2) is 4.39 Å². The predicted molar refractivity (Wildman–Crippen MR) is 122 cm³/mol. The normalized spacial score (nSPS) is 14.0. The molecule has 2 aromatic carbocycles. The van der Waals surface area contributed by atoms with Crippen molar-refractivity contribution in [3.63, 3.8) is 0 Å². The highest BCUT2D eigenvalue weighted by Gasteiger charge is 2.28. The number of rotatable bonds is 7. The number of nitrogens with zero attached hydrogens (tertiary/aromatic N) is 1. The van der Waals surface area contributed by atoms with Gasteiger partial charge in [-0.2, -0.15) is 0 Å². The maximum Gasteiger partial charge on any atom is 0.291 e. The van der Waals surface area contributed by atoms with Crippen molar-refractivity contribution >= 4 is 23.4 Å². The Morgan fingerprint density at radius 1 is 1.03 bits per heavy atom. The number of piperidine rings is 1. The number of nitrogens with one attached hydrogen (secondary N) is 1. The molecule has 0 bridgehead atoms. The van der Waals surface area contributed by atoms with Gasteiger partial charge < -0.3 is 25.1 Å². The maximum atomic E-state index is 13.1. The summed E-state index contributed by atoms with van der Waals surface area (Å²) in [5.74, 6) is -0.736. The second kappa shape index (κ2) is 10.2. The molecule has 0 atom stereocenters. The largest absolute Gasteiger partial charge is 0.486 e. The summed E-state index contributed by atoms with van der Waals surface area (Å²) in [4.78, 5) is 38.8. The van der Waals surface area contributed by atoms with Gasteiger partial charge in [-0.3, -0.25) is 14.4 Å². The molecule has 4 rings (SSSR count). The van der Waals surface area contributed by atoms with Gasteiger partial charge in [0.25, 0.3) is 11.8 Å². The summed E-state index contributed by atoms with van der Waals surface area (Å²) in [6.07, 6.45) is 1.04. The first-order valence-electron chi connectivity index (χ1n) is 10.9. The number of carbonyl (C=O) groups excluding carboxylic acids is 3. The molecule has 1 aromatic heterocycles. The highest BCUT2D eigenvalue weighted by Crippen LogP contribution is 2.23. The van der Waals surface area contributed by atoms with Crippen LogP contribution in [0, 0.1) is 11.7 Å². The summed E-state index contributed by atoms with van der Waals surface area (Å²) in [5, 5.41) is 2.73. The summed E-state index contributed by atoms with van der Waals surface area (Å²) in [6.45, 7) is 0.907.